The molecular formula is C17H22F2N2O3S. The lowest BCUT2D eigenvalue weighted by atomic mass is 9.81. The molecule has 1 aromatic carbocycles. The van der Waals surface area contributed by atoms with E-state index in [0.29, 0.717) is 24.8 Å². The Hall–Kier alpha value is -1.70. The van der Waals surface area contributed by atoms with Crippen LogP contribution in [0.15, 0.2) is 30.3 Å². The Balaban J connectivity index is 1.70. The van der Waals surface area contributed by atoms with Crippen LogP contribution in [0.25, 0.3) is 0 Å². The number of hydrogen-bond donors (Lipinski definition) is 1. The molecule has 1 saturated heterocycles. The number of benzene rings is 1. The van der Waals surface area contributed by atoms with Crippen LogP contribution in [0.2, 0.25) is 0 Å². The molecule has 1 aliphatic heterocycles. The van der Waals surface area contributed by atoms with Gasteiger partial charge in [0.25, 0.3) is 6.43 Å². The van der Waals surface area contributed by atoms with E-state index in [2.05, 4.69) is 5.32 Å². The maximum atomic E-state index is 13.4. The highest BCUT2D eigenvalue weighted by atomic mass is 32.2. The van der Waals surface area contributed by atoms with Gasteiger partial charge in [-0.15, -0.1) is 0 Å². The first-order chi connectivity index (χ1) is 11.8. The summed E-state index contributed by atoms with van der Waals surface area (Å²) < 4.78 is 50.9. The van der Waals surface area contributed by atoms with Crippen molar-refractivity contribution in [1.82, 2.24) is 10.2 Å². The number of alkyl halides is 2. The quantitative estimate of drug-likeness (QED) is 0.887. The maximum Gasteiger partial charge on any atom is 0.318 e. The van der Waals surface area contributed by atoms with Gasteiger partial charge in [0.1, 0.15) is 6.04 Å². The molecule has 8 heteroatoms. The Morgan fingerprint density at radius 2 is 1.80 bits per heavy atom. The number of nitrogens with zero attached hydrogens (tertiary/aromatic N) is 1. The molecule has 1 unspecified atom stereocenters. The number of amides is 2. The Bertz CT molecular complexity index is 721. The molecule has 1 atom stereocenters. The highest BCUT2D eigenvalue weighted by molar-refractivity contribution is 7.92. The van der Waals surface area contributed by atoms with Gasteiger partial charge in [0, 0.05) is 13.1 Å². The predicted molar refractivity (Wildman–Crippen MR) is 90.3 cm³/mol. The molecule has 2 amide bonds. The van der Waals surface area contributed by atoms with Gasteiger partial charge in [-0.05, 0) is 24.8 Å². The molecule has 0 aromatic heterocycles. The Kier molecular flexibility index (Phi) is 4.99. The molecule has 1 N–H and O–H groups in total. The molecule has 3 rings (SSSR count). The monoisotopic (exact) mass is 372 g/mol. The average Bonchev–Trinajstić information content (AvgIpc) is 2.68. The summed E-state index contributed by atoms with van der Waals surface area (Å²) in [6.45, 7) is 0.316. The average molecular weight is 372 g/mol. The van der Waals surface area contributed by atoms with Crippen LogP contribution in [-0.2, 0) is 9.84 Å². The van der Waals surface area contributed by atoms with Crippen molar-refractivity contribution in [1.29, 1.82) is 0 Å². The number of carbonyl (C=O) groups excluding carboxylic acids is 1. The Labute approximate surface area is 146 Å². The molecule has 1 aromatic rings. The second-order valence-electron chi connectivity index (χ2n) is 6.76. The van der Waals surface area contributed by atoms with Crippen LogP contribution in [0, 0.1) is 0 Å². The second kappa shape index (κ2) is 6.90. The number of nitrogens with one attached hydrogen (secondary N) is 1. The van der Waals surface area contributed by atoms with E-state index in [1.165, 1.54) is 17.0 Å². The minimum atomic E-state index is -3.26. The molecule has 2 aliphatic rings. The summed E-state index contributed by atoms with van der Waals surface area (Å²) in [7, 11) is -3.26. The van der Waals surface area contributed by atoms with Crippen molar-refractivity contribution in [3.8, 4) is 0 Å². The van der Waals surface area contributed by atoms with E-state index in [0.717, 1.165) is 6.42 Å². The predicted octanol–water partition coefficient (Wildman–Crippen LogP) is 2.75. The first-order valence-electron chi connectivity index (χ1n) is 8.45. The summed E-state index contributed by atoms with van der Waals surface area (Å²) in [6.07, 6.45) is -0.219. The fraction of sp³-hybridized carbons (Fsp3) is 0.588. The van der Waals surface area contributed by atoms with Crippen LogP contribution in [0.1, 0.15) is 37.3 Å². The molecule has 5 nitrogen and oxygen atoms in total. The lowest BCUT2D eigenvalue weighted by Crippen LogP contribution is -2.46. The third-order valence-electron chi connectivity index (χ3n) is 5.37. The SMILES string of the molecule is O=C(NC(c1ccccc1)C(F)F)N1CCC2(CCC2)S(=O)(=O)CC1. The molecule has 0 bridgehead atoms. The summed E-state index contributed by atoms with van der Waals surface area (Å²) in [5, 5.41) is 2.36. The zero-order valence-corrected chi connectivity index (χ0v) is 14.6. The molecule has 1 spiro atoms. The van der Waals surface area contributed by atoms with E-state index >= 15 is 0 Å². The third-order valence-corrected chi connectivity index (χ3v) is 8.02. The second-order valence-corrected chi connectivity index (χ2v) is 9.27. The smallest absolute Gasteiger partial charge is 0.318 e. The highest BCUT2D eigenvalue weighted by Crippen LogP contribution is 2.43. The number of halogens is 2. The molecule has 1 heterocycles. The summed E-state index contributed by atoms with van der Waals surface area (Å²) in [4.78, 5) is 13.8. The van der Waals surface area contributed by atoms with E-state index in [1.54, 1.807) is 18.2 Å². The van der Waals surface area contributed by atoms with Crippen molar-refractivity contribution in [3.63, 3.8) is 0 Å². The van der Waals surface area contributed by atoms with Gasteiger partial charge in [-0.1, -0.05) is 36.8 Å². The summed E-state index contributed by atoms with van der Waals surface area (Å²) in [5.74, 6) is -0.106. The third kappa shape index (κ3) is 3.49. The number of rotatable bonds is 3. The summed E-state index contributed by atoms with van der Waals surface area (Å²) in [5.41, 5.74) is 0.323. The van der Waals surface area contributed by atoms with Gasteiger partial charge in [0.2, 0.25) is 0 Å². The van der Waals surface area contributed by atoms with Gasteiger partial charge >= 0.3 is 6.03 Å². The summed E-state index contributed by atoms with van der Waals surface area (Å²) >= 11 is 0. The number of hydrogen-bond acceptors (Lipinski definition) is 3. The summed E-state index contributed by atoms with van der Waals surface area (Å²) in [6, 6.07) is 6.00. The van der Waals surface area contributed by atoms with Gasteiger partial charge in [0.05, 0.1) is 10.5 Å². The molecule has 25 heavy (non-hydrogen) atoms. The lowest BCUT2D eigenvalue weighted by molar-refractivity contribution is 0.0963. The van der Waals surface area contributed by atoms with Gasteiger partial charge in [-0.25, -0.2) is 22.0 Å². The maximum absolute atomic E-state index is 13.4. The minimum absolute atomic E-state index is 0.0423. The van der Waals surface area contributed by atoms with E-state index in [9.17, 15) is 22.0 Å². The number of carbonyl (C=O) groups is 1. The van der Waals surface area contributed by atoms with E-state index in [4.69, 9.17) is 0 Å². The van der Waals surface area contributed by atoms with Crippen LogP contribution < -0.4 is 5.32 Å². The van der Waals surface area contributed by atoms with Gasteiger partial charge in [-0.3, -0.25) is 0 Å². The molecule has 0 radical (unpaired) electrons. The largest absolute Gasteiger partial charge is 0.325 e. The first kappa shape index (κ1) is 18.1. The molecule has 1 saturated carbocycles. The van der Waals surface area contributed by atoms with Crippen molar-refractivity contribution in [2.24, 2.45) is 0 Å². The van der Waals surface area contributed by atoms with E-state index in [1.807, 2.05) is 0 Å². The van der Waals surface area contributed by atoms with Gasteiger partial charge < -0.3 is 10.2 Å². The van der Waals surface area contributed by atoms with Gasteiger partial charge in [0.15, 0.2) is 9.84 Å². The van der Waals surface area contributed by atoms with E-state index < -0.39 is 33.1 Å². The molecule has 138 valence electrons. The zero-order chi connectivity index (χ0) is 18.1. The lowest BCUT2D eigenvalue weighted by Gasteiger charge is -2.39. The first-order valence-corrected chi connectivity index (χ1v) is 10.1. The van der Waals surface area contributed by atoms with Crippen LogP contribution in [0.4, 0.5) is 13.6 Å². The Morgan fingerprint density at radius 1 is 1.12 bits per heavy atom. The van der Waals surface area contributed by atoms with Crippen molar-refractivity contribution in [2.45, 2.75) is 42.9 Å². The topological polar surface area (TPSA) is 66.5 Å². The van der Waals surface area contributed by atoms with Crippen LogP contribution in [0.5, 0.6) is 0 Å². The van der Waals surface area contributed by atoms with Gasteiger partial charge in [-0.2, -0.15) is 0 Å². The highest BCUT2D eigenvalue weighted by Gasteiger charge is 2.50. The molecule has 1 aliphatic carbocycles. The minimum Gasteiger partial charge on any atom is -0.325 e. The van der Waals surface area contributed by atoms with Crippen molar-refractivity contribution >= 4 is 15.9 Å². The van der Waals surface area contributed by atoms with E-state index in [-0.39, 0.29) is 18.8 Å². The number of urea groups is 1. The van der Waals surface area contributed by atoms with Crippen LogP contribution >= 0.6 is 0 Å². The standard InChI is InChI=1S/C17H22F2N2O3S/c18-15(19)14(13-5-2-1-3-6-13)20-16(22)21-10-9-17(7-4-8-17)25(23,24)12-11-21/h1-3,5-6,14-15H,4,7-12H2,(H,20,22). The molecular weight excluding hydrogens is 350 g/mol. The van der Waals surface area contributed by atoms with Crippen molar-refractivity contribution in [3.05, 3.63) is 35.9 Å². The van der Waals surface area contributed by atoms with Crippen molar-refractivity contribution in [2.75, 3.05) is 18.8 Å². The molecule has 2 fully saturated rings. The fourth-order valence-corrected chi connectivity index (χ4v) is 5.77. The van der Waals surface area contributed by atoms with Crippen LogP contribution in [0.3, 0.4) is 0 Å². The zero-order valence-electron chi connectivity index (χ0n) is 13.8. The Morgan fingerprint density at radius 3 is 2.36 bits per heavy atom. The fourth-order valence-electron chi connectivity index (χ4n) is 3.56. The number of sulfone groups is 1. The van der Waals surface area contributed by atoms with Crippen LogP contribution in [-0.4, -0.2) is 49.4 Å². The van der Waals surface area contributed by atoms with Crippen molar-refractivity contribution < 1.29 is 22.0 Å². The normalized spacial score (nSPS) is 22.9.